The summed E-state index contributed by atoms with van der Waals surface area (Å²) in [4.78, 5) is 37.1. The van der Waals surface area contributed by atoms with Crippen molar-refractivity contribution in [1.29, 1.82) is 0 Å². The third-order valence-electron chi connectivity index (χ3n) is 5.38. The number of carbonyl (C=O) groups is 2. The number of likely N-dealkylation sites (tertiary alicyclic amines) is 1. The number of nitrogens with zero attached hydrogens (tertiary/aromatic N) is 4. The molecule has 3 rings (SSSR count). The van der Waals surface area contributed by atoms with Gasteiger partial charge in [0.2, 0.25) is 5.91 Å². The fourth-order valence-electron chi connectivity index (χ4n) is 3.85. The fourth-order valence-corrected chi connectivity index (χ4v) is 3.85. The normalized spacial score (nSPS) is 17.6. The summed E-state index contributed by atoms with van der Waals surface area (Å²) < 4.78 is 0. The monoisotopic (exact) mass is 359 g/mol. The second kappa shape index (κ2) is 8.01. The zero-order chi connectivity index (χ0) is 18.7. The molecule has 3 amide bonds. The Kier molecular flexibility index (Phi) is 5.74. The zero-order valence-electron chi connectivity index (χ0n) is 16.0. The maximum absolute atomic E-state index is 12.5. The van der Waals surface area contributed by atoms with E-state index in [1.807, 2.05) is 6.92 Å². The molecule has 7 nitrogen and oxygen atoms in total. The molecule has 0 saturated carbocycles. The van der Waals surface area contributed by atoms with Gasteiger partial charge in [-0.05, 0) is 51.0 Å². The number of fused-ring (bicyclic) bond motifs is 1. The second-order valence-corrected chi connectivity index (χ2v) is 7.51. The van der Waals surface area contributed by atoms with Gasteiger partial charge in [-0.3, -0.25) is 4.79 Å². The summed E-state index contributed by atoms with van der Waals surface area (Å²) >= 11 is 0. The summed E-state index contributed by atoms with van der Waals surface area (Å²) in [6, 6.07) is 0.0155. The van der Waals surface area contributed by atoms with Crippen LogP contribution in [0.5, 0.6) is 0 Å². The molecule has 1 saturated heterocycles. The predicted octanol–water partition coefficient (Wildman–Crippen LogP) is 1.67. The van der Waals surface area contributed by atoms with Crippen molar-refractivity contribution in [2.75, 3.05) is 27.2 Å². The Morgan fingerprint density at radius 3 is 2.54 bits per heavy atom. The van der Waals surface area contributed by atoms with Crippen LogP contribution < -0.4 is 5.32 Å². The number of piperidine rings is 1. The molecule has 2 heterocycles. The first-order valence-electron chi connectivity index (χ1n) is 9.55. The third kappa shape index (κ3) is 4.14. The molecular formula is C19H29N5O2. The average Bonchev–Trinajstić information content (AvgIpc) is 2.65. The molecule has 26 heavy (non-hydrogen) atoms. The maximum Gasteiger partial charge on any atom is 0.319 e. The zero-order valence-corrected chi connectivity index (χ0v) is 16.0. The van der Waals surface area contributed by atoms with E-state index in [4.69, 9.17) is 0 Å². The molecule has 0 aromatic carbocycles. The quantitative estimate of drug-likeness (QED) is 0.890. The van der Waals surface area contributed by atoms with Gasteiger partial charge in [-0.2, -0.15) is 0 Å². The third-order valence-corrected chi connectivity index (χ3v) is 5.38. The van der Waals surface area contributed by atoms with Gasteiger partial charge >= 0.3 is 6.03 Å². The van der Waals surface area contributed by atoms with Gasteiger partial charge in [0.25, 0.3) is 0 Å². The van der Waals surface area contributed by atoms with Gasteiger partial charge in [-0.15, -0.1) is 0 Å². The molecule has 7 heteroatoms. The number of nitrogens with one attached hydrogen (secondary N) is 1. The molecule has 1 fully saturated rings. The number of rotatable bonds is 3. The molecule has 1 N–H and O–H groups in total. The van der Waals surface area contributed by atoms with Crippen molar-refractivity contribution < 1.29 is 9.59 Å². The van der Waals surface area contributed by atoms with E-state index in [1.165, 1.54) is 18.4 Å². The first kappa shape index (κ1) is 18.6. The first-order chi connectivity index (χ1) is 12.5. The van der Waals surface area contributed by atoms with Crippen LogP contribution in [0.15, 0.2) is 0 Å². The summed E-state index contributed by atoms with van der Waals surface area (Å²) in [7, 11) is 3.50. The van der Waals surface area contributed by atoms with Crippen LogP contribution >= 0.6 is 0 Å². The van der Waals surface area contributed by atoms with Gasteiger partial charge in [0.15, 0.2) is 0 Å². The van der Waals surface area contributed by atoms with Crippen LogP contribution in [0.25, 0.3) is 0 Å². The van der Waals surface area contributed by atoms with Crippen LogP contribution in [0, 0.1) is 12.8 Å². The summed E-state index contributed by atoms with van der Waals surface area (Å²) in [5.74, 6) is 0.706. The van der Waals surface area contributed by atoms with E-state index in [1.54, 1.807) is 23.9 Å². The lowest BCUT2D eigenvalue weighted by molar-refractivity contribution is -0.126. The van der Waals surface area contributed by atoms with Gasteiger partial charge in [0, 0.05) is 44.5 Å². The number of hydrogen-bond acceptors (Lipinski definition) is 4. The molecule has 0 unspecified atom stereocenters. The van der Waals surface area contributed by atoms with E-state index < -0.39 is 0 Å². The lowest BCUT2D eigenvalue weighted by Crippen LogP contribution is -2.46. The highest BCUT2D eigenvalue weighted by molar-refractivity contribution is 5.79. The van der Waals surface area contributed by atoms with Crippen LogP contribution in [-0.4, -0.2) is 58.9 Å². The van der Waals surface area contributed by atoms with Crippen LogP contribution in [0.2, 0.25) is 0 Å². The summed E-state index contributed by atoms with van der Waals surface area (Å²) in [5, 5.41) is 2.99. The minimum Gasteiger partial charge on any atom is -0.349 e. The molecule has 2 aliphatic rings. The van der Waals surface area contributed by atoms with Crippen LogP contribution in [0.4, 0.5) is 4.79 Å². The topological polar surface area (TPSA) is 78.4 Å². The number of carbonyl (C=O) groups excluding carboxylic acids is 2. The number of urea groups is 1. The SMILES string of the molecule is Cc1nc(CNC(=O)C2CCN(C(=O)N(C)C)CC2)nc2c1CCCC2. The van der Waals surface area contributed by atoms with Crippen LogP contribution in [0.3, 0.4) is 0 Å². The number of amides is 3. The molecule has 1 aromatic heterocycles. The molecule has 1 aromatic rings. The summed E-state index contributed by atoms with van der Waals surface area (Å²) in [6.07, 6.45) is 5.88. The molecule has 1 aliphatic carbocycles. The van der Waals surface area contributed by atoms with Crippen molar-refractivity contribution in [3.63, 3.8) is 0 Å². The van der Waals surface area contributed by atoms with E-state index in [0.29, 0.717) is 38.3 Å². The van der Waals surface area contributed by atoms with Crippen molar-refractivity contribution in [2.45, 2.75) is 52.0 Å². The van der Waals surface area contributed by atoms with Gasteiger partial charge in [-0.25, -0.2) is 14.8 Å². The minimum atomic E-state index is -0.0417. The van der Waals surface area contributed by atoms with Gasteiger partial charge in [0.05, 0.1) is 6.54 Å². The van der Waals surface area contributed by atoms with Gasteiger partial charge in [-0.1, -0.05) is 0 Å². The van der Waals surface area contributed by atoms with Crippen molar-refractivity contribution in [3.05, 3.63) is 22.8 Å². The summed E-state index contributed by atoms with van der Waals surface area (Å²) in [6.45, 7) is 3.67. The highest BCUT2D eigenvalue weighted by Crippen LogP contribution is 2.22. The van der Waals surface area contributed by atoms with Crippen LogP contribution in [0.1, 0.15) is 48.5 Å². The van der Waals surface area contributed by atoms with Gasteiger partial charge < -0.3 is 15.1 Å². The molecular weight excluding hydrogens is 330 g/mol. The van der Waals surface area contributed by atoms with Gasteiger partial charge in [0.1, 0.15) is 5.82 Å². The Morgan fingerprint density at radius 1 is 1.15 bits per heavy atom. The van der Waals surface area contributed by atoms with Crippen molar-refractivity contribution in [1.82, 2.24) is 25.1 Å². The first-order valence-corrected chi connectivity index (χ1v) is 9.55. The standard InChI is InChI=1S/C19H29N5O2/c1-13-15-6-4-5-7-16(15)22-17(21-13)12-20-18(25)14-8-10-24(11-9-14)19(26)23(2)3/h14H,4-12H2,1-3H3,(H,20,25). The number of aromatic nitrogens is 2. The Balaban J connectivity index is 1.52. The van der Waals surface area contributed by atoms with Crippen molar-refractivity contribution in [2.24, 2.45) is 5.92 Å². The predicted molar refractivity (Wildman–Crippen MR) is 98.6 cm³/mol. The van der Waals surface area contributed by atoms with Crippen LogP contribution in [-0.2, 0) is 24.2 Å². The van der Waals surface area contributed by atoms with E-state index in [9.17, 15) is 9.59 Å². The lowest BCUT2D eigenvalue weighted by atomic mass is 9.95. The minimum absolute atomic E-state index is 0.0155. The Morgan fingerprint density at radius 2 is 1.85 bits per heavy atom. The fraction of sp³-hybridized carbons (Fsp3) is 0.684. The largest absolute Gasteiger partial charge is 0.349 e. The summed E-state index contributed by atoms with van der Waals surface area (Å²) in [5.41, 5.74) is 3.50. The molecule has 0 atom stereocenters. The Bertz CT molecular complexity index is 681. The van der Waals surface area contributed by atoms with Crippen molar-refractivity contribution >= 4 is 11.9 Å². The Labute approximate surface area is 155 Å². The second-order valence-electron chi connectivity index (χ2n) is 7.51. The number of hydrogen-bond donors (Lipinski definition) is 1. The lowest BCUT2D eigenvalue weighted by Gasteiger charge is -2.33. The Hall–Kier alpha value is -2.18. The number of aryl methyl sites for hydroxylation is 2. The van der Waals surface area contributed by atoms with E-state index in [0.717, 1.165) is 24.2 Å². The van der Waals surface area contributed by atoms with E-state index >= 15 is 0 Å². The van der Waals surface area contributed by atoms with Crippen molar-refractivity contribution in [3.8, 4) is 0 Å². The molecule has 0 spiro atoms. The molecule has 142 valence electrons. The van der Waals surface area contributed by atoms with E-state index in [2.05, 4.69) is 15.3 Å². The highest BCUT2D eigenvalue weighted by Gasteiger charge is 2.28. The molecule has 0 radical (unpaired) electrons. The average molecular weight is 359 g/mol. The van der Waals surface area contributed by atoms with E-state index in [-0.39, 0.29) is 17.9 Å². The molecule has 1 aliphatic heterocycles. The maximum atomic E-state index is 12.5. The molecule has 0 bridgehead atoms. The smallest absolute Gasteiger partial charge is 0.319 e. The highest BCUT2D eigenvalue weighted by atomic mass is 16.2.